The third kappa shape index (κ3) is 2.61. The second kappa shape index (κ2) is 5.07. The van der Waals surface area contributed by atoms with Gasteiger partial charge >= 0.3 is 6.09 Å². The largest absolute Gasteiger partial charge is 0.465 e. The maximum Gasteiger partial charge on any atom is 0.405 e. The fourth-order valence-electron chi connectivity index (χ4n) is 2.12. The molecule has 18 heavy (non-hydrogen) atoms. The summed E-state index contributed by atoms with van der Waals surface area (Å²) < 4.78 is 13.6. The molecule has 1 aromatic rings. The predicted octanol–water partition coefficient (Wildman–Crippen LogP) is 0.848. The first-order valence-electron chi connectivity index (χ1n) is 5.66. The molecule has 0 aliphatic carbocycles. The Labute approximate surface area is 104 Å². The molecule has 1 aliphatic rings. The fraction of sp³-hybridized carbons (Fsp3) is 0.455. The van der Waals surface area contributed by atoms with Gasteiger partial charge in [-0.1, -0.05) is 0 Å². The van der Waals surface area contributed by atoms with Crippen molar-refractivity contribution in [1.29, 1.82) is 0 Å². The van der Waals surface area contributed by atoms with Crippen LogP contribution in [-0.2, 0) is 0 Å². The molecular weight excluding hydrogens is 239 g/mol. The number of nitrogens with zero attached hydrogens (tertiary/aromatic N) is 2. The van der Waals surface area contributed by atoms with E-state index in [1.165, 1.54) is 6.20 Å². The maximum absolute atomic E-state index is 13.6. The first-order valence-corrected chi connectivity index (χ1v) is 5.66. The lowest BCUT2D eigenvalue weighted by Gasteiger charge is -2.36. The van der Waals surface area contributed by atoms with E-state index < -0.39 is 18.3 Å². The lowest BCUT2D eigenvalue weighted by Crippen LogP contribution is -2.53. The van der Waals surface area contributed by atoms with Crippen LogP contribution in [0.2, 0.25) is 0 Å². The standard InChI is InChI=1S/C11H15FN4O2/c12-7-2-4-16(6-9(7)15-11(17)18)10-1-3-14-5-8(10)13/h1,3,5,7,9,15H,2,4,6,13H2,(H,17,18). The van der Waals surface area contributed by atoms with Crippen LogP contribution in [0, 0.1) is 0 Å². The normalized spacial score (nSPS) is 23.7. The highest BCUT2D eigenvalue weighted by Gasteiger charge is 2.31. The Morgan fingerprint density at radius 1 is 1.67 bits per heavy atom. The van der Waals surface area contributed by atoms with Gasteiger partial charge < -0.3 is 21.1 Å². The summed E-state index contributed by atoms with van der Waals surface area (Å²) >= 11 is 0. The van der Waals surface area contributed by atoms with Crippen molar-refractivity contribution in [2.24, 2.45) is 0 Å². The summed E-state index contributed by atoms with van der Waals surface area (Å²) in [6.07, 6.45) is 1.02. The highest BCUT2D eigenvalue weighted by atomic mass is 19.1. The second-order valence-corrected chi connectivity index (χ2v) is 4.24. The molecule has 0 aromatic carbocycles. The molecule has 1 fully saturated rings. The van der Waals surface area contributed by atoms with Crippen LogP contribution in [0.25, 0.3) is 0 Å². The first-order chi connectivity index (χ1) is 8.58. The van der Waals surface area contributed by atoms with Crippen molar-refractivity contribution in [3.05, 3.63) is 18.5 Å². The lowest BCUT2D eigenvalue weighted by atomic mass is 10.0. The summed E-state index contributed by atoms with van der Waals surface area (Å²) in [5.41, 5.74) is 7.06. The van der Waals surface area contributed by atoms with Crippen LogP contribution < -0.4 is 16.0 Å². The third-order valence-electron chi connectivity index (χ3n) is 3.01. The molecule has 1 amide bonds. The molecule has 0 saturated carbocycles. The van der Waals surface area contributed by atoms with E-state index >= 15 is 0 Å². The van der Waals surface area contributed by atoms with Crippen LogP contribution in [0.3, 0.4) is 0 Å². The molecule has 0 bridgehead atoms. The molecule has 2 heterocycles. The van der Waals surface area contributed by atoms with E-state index in [4.69, 9.17) is 10.8 Å². The quantitative estimate of drug-likeness (QED) is 0.727. The number of alkyl halides is 1. The van der Waals surface area contributed by atoms with E-state index in [1.807, 2.05) is 4.90 Å². The van der Waals surface area contributed by atoms with Crippen molar-refractivity contribution < 1.29 is 14.3 Å². The molecular formula is C11H15FN4O2. The van der Waals surface area contributed by atoms with Crippen LogP contribution in [-0.4, -0.2) is 41.5 Å². The number of nitrogens with one attached hydrogen (secondary N) is 1. The van der Waals surface area contributed by atoms with Crippen molar-refractivity contribution in [3.63, 3.8) is 0 Å². The van der Waals surface area contributed by atoms with Crippen LogP contribution >= 0.6 is 0 Å². The lowest BCUT2D eigenvalue weighted by molar-refractivity contribution is 0.167. The third-order valence-corrected chi connectivity index (χ3v) is 3.01. The smallest absolute Gasteiger partial charge is 0.405 e. The molecule has 0 spiro atoms. The number of nitrogen functional groups attached to an aromatic ring is 1. The number of halogens is 1. The van der Waals surface area contributed by atoms with Gasteiger partial charge in [-0.3, -0.25) is 4.98 Å². The summed E-state index contributed by atoms with van der Waals surface area (Å²) in [6, 6.07) is 1.01. The number of carboxylic acid groups (broad SMARTS) is 1. The Bertz CT molecular complexity index is 443. The number of piperidine rings is 1. The molecule has 6 nitrogen and oxygen atoms in total. The van der Waals surface area contributed by atoms with Crippen molar-refractivity contribution in [2.45, 2.75) is 18.6 Å². The van der Waals surface area contributed by atoms with Crippen molar-refractivity contribution >= 4 is 17.5 Å². The summed E-state index contributed by atoms with van der Waals surface area (Å²) in [6.45, 7) is 0.773. The fourth-order valence-corrected chi connectivity index (χ4v) is 2.12. The molecule has 2 atom stereocenters. The van der Waals surface area contributed by atoms with Crippen LogP contribution in [0.5, 0.6) is 0 Å². The molecule has 2 unspecified atom stereocenters. The molecule has 1 saturated heterocycles. The Morgan fingerprint density at radius 3 is 3.11 bits per heavy atom. The van der Waals surface area contributed by atoms with E-state index in [0.29, 0.717) is 12.2 Å². The Balaban J connectivity index is 2.12. The summed E-state index contributed by atoms with van der Waals surface area (Å²) in [5.74, 6) is 0. The summed E-state index contributed by atoms with van der Waals surface area (Å²) in [7, 11) is 0. The number of pyridine rings is 1. The number of aromatic nitrogens is 1. The van der Waals surface area contributed by atoms with Crippen LogP contribution in [0.15, 0.2) is 18.5 Å². The number of carbonyl (C=O) groups is 1. The molecule has 1 aliphatic heterocycles. The zero-order valence-corrected chi connectivity index (χ0v) is 9.71. The molecule has 1 aromatic heterocycles. The minimum atomic E-state index is -1.22. The van der Waals surface area contributed by atoms with Gasteiger partial charge in [-0.2, -0.15) is 0 Å². The van der Waals surface area contributed by atoms with Gasteiger partial charge in [-0.05, 0) is 12.5 Å². The van der Waals surface area contributed by atoms with E-state index in [1.54, 1.807) is 12.3 Å². The molecule has 2 rings (SSSR count). The van der Waals surface area contributed by atoms with Gasteiger partial charge in [0.2, 0.25) is 0 Å². The van der Waals surface area contributed by atoms with Crippen molar-refractivity contribution in [1.82, 2.24) is 10.3 Å². The number of amides is 1. The first kappa shape index (κ1) is 12.4. The molecule has 7 heteroatoms. The van der Waals surface area contributed by atoms with E-state index in [0.717, 1.165) is 5.69 Å². The Kier molecular flexibility index (Phi) is 3.50. The minimum absolute atomic E-state index is 0.266. The number of hydrogen-bond acceptors (Lipinski definition) is 4. The highest BCUT2D eigenvalue weighted by molar-refractivity contribution is 5.67. The average molecular weight is 254 g/mol. The average Bonchev–Trinajstić information content (AvgIpc) is 2.32. The Hall–Kier alpha value is -2.05. The molecule has 98 valence electrons. The van der Waals surface area contributed by atoms with Gasteiger partial charge in [0.15, 0.2) is 0 Å². The summed E-state index contributed by atoms with van der Waals surface area (Å²) in [4.78, 5) is 16.3. The highest BCUT2D eigenvalue weighted by Crippen LogP contribution is 2.26. The SMILES string of the molecule is Nc1cnccc1N1CCC(F)C(NC(=O)O)C1. The number of hydrogen-bond donors (Lipinski definition) is 3. The monoisotopic (exact) mass is 254 g/mol. The van der Waals surface area contributed by atoms with Gasteiger partial charge in [0.1, 0.15) is 6.17 Å². The molecule has 0 radical (unpaired) electrons. The van der Waals surface area contributed by atoms with E-state index in [-0.39, 0.29) is 13.0 Å². The van der Waals surface area contributed by atoms with E-state index in [2.05, 4.69) is 10.3 Å². The van der Waals surface area contributed by atoms with Crippen molar-refractivity contribution in [3.8, 4) is 0 Å². The Morgan fingerprint density at radius 2 is 2.44 bits per heavy atom. The van der Waals surface area contributed by atoms with Gasteiger partial charge in [0, 0.05) is 19.3 Å². The van der Waals surface area contributed by atoms with Crippen LogP contribution in [0.4, 0.5) is 20.6 Å². The number of anilines is 2. The number of nitrogens with two attached hydrogens (primary N) is 1. The predicted molar refractivity (Wildman–Crippen MR) is 65.3 cm³/mol. The van der Waals surface area contributed by atoms with Crippen LogP contribution in [0.1, 0.15) is 6.42 Å². The van der Waals surface area contributed by atoms with Gasteiger partial charge in [0.25, 0.3) is 0 Å². The van der Waals surface area contributed by atoms with E-state index in [9.17, 15) is 9.18 Å². The maximum atomic E-state index is 13.6. The zero-order valence-electron chi connectivity index (χ0n) is 9.71. The number of rotatable bonds is 2. The topological polar surface area (TPSA) is 91.5 Å². The molecule has 4 N–H and O–H groups in total. The van der Waals surface area contributed by atoms with Crippen molar-refractivity contribution in [2.75, 3.05) is 23.7 Å². The zero-order chi connectivity index (χ0) is 13.1. The summed E-state index contributed by atoms with van der Waals surface area (Å²) in [5, 5.41) is 10.9. The second-order valence-electron chi connectivity index (χ2n) is 4.24. The minimum Gasteiger partial charge on any atom is -0.465 e. The van der Waals surface area contributed by atoms with Gasteiger partial charge in [-0.25, -0.2) is 9.18 Å². The van der Waals surface area contributed by atoms with Gasteiger partial charge in [-0.15, -0.1) is 0 Å². The van der Waals surface area contributed by atoms with Gasteiger partial charge in [0.05, 0.1) is 23.6 Å².